The molecule has 3 aromatic rings. The lowest BCUT2D eigenvalue weighted by molar-refractivity contribution is 0.121. The third-order valence-electron chi connectivity index (χ3n) is 6.65. The smallest absolute Gasteiger partial charge is 0.261 e. The standard InChI is InChI=1S/C27H34N2O2Si/c1-27(2,3)32(24-10-6-4-7-11-24,25-12-8-5-9-13-25)31-20-22-18-19-28-26(29-22)21-14-16-23(30)17-15-21/h4-13,18-19,21,23,30H,14-17,20H2,1-3H3/t21-,23-. The molecule has 0 unspecified atom stereocenters. The van der Waals surface area contributed by atoms with E-state index < -0.39 is 8.32 Å². The Labute approximate surface area is 192 Å². The van der Waals surface area contributed by atoms with Crippen LogP contribution in [0.2, 0.25) is 5.04 Å². The van der Waals surface area contributed by atoms with Crippen molar-refractivity contribution in [3.05, 3.63) is 84.4 Å². The van der Waals surface area contributed by atoms with E-state index in [1.807, 2.05) is 12.3 Å². The molecule has 1 fully saturated rings. The first-order chi connectivity index (χ1) is 15.4. The minimum Gasteiger partial charge on any atom is -0.401 e. The molecule has 0 saturated heterocycles. The third-order valence-corrected chi connectivity index (χ3v) is 11.6. The monoisotopic (exact) mass is 446 g/mol. The largest absolute Gasteiger partial charge is 0.401 e. The Morgan fingerprint density at radius 1 is 0.875 bits per heavy atom. The van der Waals surface area contributed by atoms with Gasteiger partial charge in [-0.25, -0.2) is 9.97 Å². The molecule has 32 heavy (non-hydrogen) atoms. The summed E-state index contributed by atoms with van der Waals surface area (Å²) in [6, 6.07) is 23.4. The van der Waals surface area contributed by atoms with Gasteiger partial charge in [0, 0.05) is 12.1 Å². The third kappa shape index (κ3) is 4.70. The van der Waals surface area contributed by atoms with E-state index in [0.717, 1.165) is 37.2 Å². The first kappa shape index (κ1) is 22.8. The van der Waals surface area contributed by atoms with E-state index >= 15 is 0 Å². The van der Waals surface area contributed by atoms with Crippen LogP contribution in [0.5, 0.6) is 0 Å². The van der Waals surface area contributed by atoms with Crippen LogP contribution in [0, 0.1) is 0 Å². The highest BCUT2D eigenvalue weighted by molar-refractivity contribution is 6.99. The molecule has 1 aliphatic carbocycles. The van der Waals surface area contributed by atoms with E-state index in [9.17, 15) is 5.11 Å². The second kappa shape index (κ2) is 9.65. The molecule has 1 aliphatic rings. The maximum atomic E-state index is 9.84. The Hall–Kier alpha value is -2.34. The van der Waals surface area contributed by atoms with Crippen LogP contribution in [0.1, 0.15) is 63.9 Å². The molecule has 0 radical (unpaired) electrons. The summed E-state index contributed by atoms with van der Waals surface area (Å²) in [7, 11) is -2.59. The highest BCUT2D eigenvalue weighted by Crippen LogP contribution is 2.37. The number of hydrogen-bond acceptors (Lipinski definition) is 4. The van der Waals surface area contributed by atoms with E-state index in [2.05, 4.69) is 86.4 Å². The van der Waals surface area contributed by atoms with Crippen LogP contribution >= 0.6 is 0 Å². The summed E-state index contributed by atoms with van der Waals surface area (Å²) in [6.07, 6.45) is 5.23. The molecule has 5 heteroatoms. The number of aliphatic hydroxyl groups is 1. The lowest BCUT2D eigenvalue weighted by Gasteiger charge is -2.43. The fraction of sp³-hybridized carbons (Fsp3) is 0.407. The van der Waals surface area contributed by atoms with Crippen LogP contribution in [0.15, 0.2) is 72.9 Å². The lowest BCUT2D eigenvalue weighted by atomic mass is 9.87. The quantitative estimate of drug-likeness (QED) is 0.564. The minimum atomic E-state index is -2.59. The van der Waals surface area contributed by atoms with Crippen molar-refractivity contribution in [2.45, 2.75) is 70.1 Å². The van der Waals surface area contributed by atoms with Crippen LogP contribution in [-0.2, 0) is 11.0 Å². The number of hydrogen-bond donors (Lipinski definition) is 1. The number of aromatic nitrogens is 2. The van der Waals surface area contributed by atoms with Gasteiger partial charge in [0.05, 0.1) is 18.4 Å². The van der Waals surface area contributed by atoms with Gasteiger partial charge < -0.3 is 9.53 Å². The van der Waals surface area contributed by atoms with Gasteiger partial charge in [-0.05, 0) is 47.2 Å². The van der Waals surface area contributed by atoms with Crippen LogP contribution in [-0.4, -0.2) is 29.5 Å². The average Bonchev–Trinajstić information content (AvgIpc) is 2.81. The predicted molar refractivity (Wildman–Crippen MR) is 132 cm³/mol. The summed E-state index contributed by atoms with van der Waals surface area (Å²) in [4.78, 5) is 9.46. The second-order valence-corrected chi connectivity index (χ2v) is 14.2. The summed E-state index contributed by atoms with van der Waals surface area (Å²) in [6.45, 7) is 7.33. The fourth-order valence-electron chi connectivity index (χ4n) is 4.97. The van der Waals surface area contributed by atoms with Gasteiger partial charge in [0.25, 0.3) is 8.32 Å². The molecule has 168 valence electrons. The molecular weight excluding hydrogens is 412 g/mol. The van der Waals surface area contributed by atoms with Crippen molar-refractivity contribution in [2.75, 3.05) is 0 Å². The molecule has 0 aliphatic heterocycles. The molecule has 2 aromatic carbocycles. The minimum absolute atomic E-state index is 0.0644. The Morgan fingerprint density at radius 2 is 1.44 bits per heavy atom. The molecule has 4 nitrogen and oxygen atoms in total. The maximum Gasteiger partial charge on any atom is 0.261 e. The highest BCUT2D eigenvalue weighted by Gasteiger charge is 2.50. The molecule has 0 bridgehead atoms. The topological polar surface area (TPSA) is 55.2 Å². The van der Waals surface area contributed by atoms with Crippen molar-refractivity contribution >= 4 is 18.7 Å². The van der Waals surface area contributed by atoms with Gasteiger partial charge in [0.1, 0.15) is 5.82 Å². The number of rotatable bonds is 6. The molecule has 1 saturated carbocycles. The predicted octanol–water partition coefficient (Wildman–Crippen LogP) is 4.57. The zero-order valence-electron chi connectivity index (χ0n) is 19.4. The Morgan fingerprint density at radius 3 is 1.97 bits per heavy atom. The average molecular weight is 447 g/mol. The molecule has 4 rings (SSSR count). The van der Waals surface area contributed by atoms with Crippen molar-refractivity contribution in [1.29, 1.82) is 0 Å². The van der Waals surface area contributed by atoms with Gasteiger partial charge in [0.15, 0.2) is 0 Å². The molecule has 1 heterocycles. The Kier molecular flexibility index (Phi) is 6.89. The summed E-state index contributed by atoms with van der Waals surface area (Å²) in [5, 5.41) is 12.3. The van der Waals surface area contributed by atoms with Crippen LogP contribution in [0.3, 0.4) is 0 Å². The summed E-state index contributed by atoms with van der Waals surface area (Å²) < 4.78 is 7.02. The van der Waals surface area contributed by atoms with Gasteiger partial charge in [-0.15, -0.1) is 0 Å². The first-order valence-electron chi connectivity index (χ1n) is 11.6. The van der Waals surface area contributed by atoms with Crippen molar-refractivity contribution in [1.82, 2.24) is 9.97 Å². The van der Waals surface area contributed by atoms with Gasteiger partial charge in [0.2, 0.25) is 0 Å². The molecule has 1 aromatic heterocycles. The molecule has 1 N–H and O–H groups in total. The fourth-order valence-corrected chi connectivity index (χ4v) is 9.49. The van der Waals surface area contributed by atoms with E-state index in [4.69, 9.17) is 9.41 Å². The van der Waals surface area contributed by atoms with E-state index in [1.54, 1.807) is 0 Å². The number of aliphatic hydroxyl groups excluding tert-OH is 1. The normalized spacial score (nSPS) is 19.6. The number of benzene rings is 2. The molecular formula is C27H34N2O2Si. The highest BCUT2D eigenvalue weighted by atomic mass is 28.4. The second-order valence-electron chi connectivity index (χ2n) is 9.86. The van der Waals surface area contributed by atoms with Gasteiger partial charge in [-0.1, -0.05) is 81.4 Å². The van der Waals surface area contributed by atoms with Crippen molar-refractivity contribution < 1.29 is 9.53 Å². The van der Waals surface area contributed by atoms with Crippen molar-refractivity contribution in [3.63, 3.8) is 0 Å². The summed E-state index contributed by atoms with van der Waals surface area (Å²) >= 11 is 0. The SMILES string of the molecule is CC(C)(C)[Si](OCc1ccnc([C@H]2CC[C@H](O)CC2)n1)(c1ccccc1)c1ccccc1. The van der Waals surface area contributed by atoms with Crippen LogP contribution in [0.25, 0.3) is 0 Å². The van der Waals surface area contributed by atoms with Gasteiger partial charge in [-0.3, -0.25) is 0 Å². The first-order valence-corrected chi connectivity index (χ1v) is 13.6. The van der Waals surface area contributed by atoms with Gasteiger partial charge in [-0.2, -0.15) is 0 Å². The molecule has 0 spiro atoms. The van der Waals surface area contributed by atoms with Crippen LogP contribution < -0.4 is 10.4 Å². The van der Waals surface area contributed by atoms with E-state index in [0.29, 0.717) is 12.5 Å². The lowest BCUT2D eigenvalue weighted by Crippen LogP contribution is -2.66. The van der Waals surface area contributed by atoms with Crippen molar-refractivity contribution in [3.8, 4) is 0 Å². The Balaban J connectivity index is 1.67. The molecule has 0 atom stereocenters. The summed E-state index contributed by atoms with van der Waals surface area (Å²) in [5.74, 6) is 1.21. The van der Waals surface area contributed by atoms with Crippen molar-refractivity contribution in [2.24, 2.45) is 0 Å². The van der Waals surface area contributed by atoms with E-state index in [-0.39, 0.29) is 11.1 Å². The number of nitrogens with zero attached hydrogens (tertiary/aromatic N) is 2. The molecule has 0 amide bonds. The van der Waals surface area contributed by atoms with E-state index in [1.165, 1.54) is 10.4 Å². The van der Waals surface area contributed by atoms with Crippen LogP contribution in [0.4, 0.5) is 0 Å². The summed E-state index contributed by atoms with van der Waals surface area (Å²) in [5.41, 5.74) is 0.925. The van der Waals surface area contributed by atoms with Gasteiger partial charge >= 0.3 is 0 Å². The Bertz CT molecular complexity index is 957. The zero-order chi connectivity index (χ0) is 22.6. The maximum absolute atomic E-state index is 9.84. The zero-order valence-corrected chi connectivity index (χ0v) is 20.4.